The predicted molar refractivity (Wildman–Crippen MR) is 66.9 cm³/mol. The third-order valence-electron chi connectivity index (χ3n) is 3.02. The number of carbonyl (C=O) groups is 2. The standard InChI is InChI=1S/C12H11N5O3/c18-10(13-12-14-16-17-15-12)5-7-6-11(19)20-9-4-2-1-3-8(7)9/h1-4,7H,5-6H2,(H2,13,14,15,16,17,18)/t7-/m0/s1. The van der Waals surface area contributed by atoms with E-state index in [0.29, 0.717) is 5.75 Å². The van der Waals surface area contributed by atoms with Crippen LogP contribution in [0.5, 0.6) is 5.75 Å². The Morgan fingerprint density at radius 1 is 1.45 bits per heavy atom. The summed E-state index contributed by atoms with van der Waals surface area (Å²) in [6.45, 7) is 0. The van der Waals surface area contributed by atoms with Crippen molar-refractivity contribution in [1.82, 2.24) is 20.6 Å². The van der Waals surface area contributed by atoms with Gasteiger partial charge < -0.3 is 4.74 Å². The highest BCUT2D eigenvalue weighted by atomic mass is 16.5. The van der Waals surface area contributed by atoms with Gasteiger partial charge in [0.15, 0.2) is 0 Å². The van der Waals surface area contributed by atoms with Crippen LogP contribution in [0, 0.1) is 0 Å². The Hall–Kier alpha value is -2.77. The van der Waals surface area contributed by atoms with Crippen molar-refractivity contribution in [2.45, 2.75) is 18.8 Å². The van der Waals surface area contributed by atoms with E-state index in [4.69, 9.17) is 4.74 Å². The quantitative estimate of drug-likeness (QED) is 0.626. The van der Waals surface area contributed by atoms with Crippen LogP contribution in [-0.4, -0.2) is 32.5 Å². The van der Waals surface area contributed by atoms with Crippen molar-refractivity contribution in [3.05, 3.63) is 29.8 Å². The number of ether oxygens (including phenoxy) is 1. The van der Waals surface area contributed by atoms with Crippen LogP contribution in [0.15, 0.2) is 24.3 Å². The Labute approximate surface area is 113 Å². The van der Waals surface area contributed by atoms with Crippen molar-refractivity contribution in [2.75, 3.05) is 5.32 Å². The highest BCUT2D eigenvalue weighted by molar-refractivity contribution is 5.90. The number of benzene rings is 1. The molecule has 0 aliphatic carbocycles. The lowest BCUT2D eigenvalue weighted by atomic mass is 9.90. The van der Waals surface area contributed by atoms with E-state index in [2.05, 4.69) is 25.9 Å². The Kier molecular flexibility index (Phi) is 3.12. The maximum Gasteiger partial charge on any atom is 0.311 e. The van der Waals surface area contributed by atoms with Gasteiger partial charge in [0.2, 0.25) is 5.91 Å². The number of amides is 1. The van der Waals surface area contributed by atoms with Crippen LogP contribution in [0.2, 0.25) is 0 Å². The normalized spacial score (nSPS) is 17.2. The van der Waals surface area contributed by atoms with Crippen molar-refractivity contribution >= 4 is 17.8 Å². The lowest BCUT2D eigenvalue weighted by molar-refractivity contribution is -0.136. The van der Waals surface area contributed by atoms with Crippen LogP contribution in [0.25, 0.3) is 0 Å². The summed E-state index contributed by atoms with van der Waals surface area (Å²) in [5, 5.41) is 15.4. The number of nitrogens with zero attached hydrogens (tertiary/aromatic N) is 3. The zero-order valence-corrected chi connectivity index (χ0v) is 10.4. The average molecular weight is 273 g/mol. The molecule has 2 heterocycles. The Morgan fingerprint density at radius 2 is 2.30 bits per heavy atom. The number of hydrogen-bond acceptors (Lipinski definition) is 6. The number of rotatable bonds is 3. The molecule has 1 aromatic heterocycles. The number of H-pyrrole nitrogens is 1. The third-order valence-corrected chi connectivity index (χ3v) is 3.02. The first-order valence-electron chi connectivity index (χ1n) is 6.05. The molecule has 2 aromatic rings. The number of para-hydroxylation sites is 1. The van der Waals surface area contributed by atoms with E-state index in [1.54, 1.807) is 12.1 Å². The molecule has 0 spiro atoms. The first-order chi connectivity index (χ1) is 9.72. The molecule has 1 amide bonds. The van der Waals surface area contributed by atoms with Gasteiger partial charge in [0.25, 0.3) is 5.95 Å². The summed E-state index contributed by atoms with van der Waals surface area (Å²) in [5.74, 6) is -0.191. The molecule has 0 saturated heterocycles. The number of aromatic amines is 1. The Morgan fingerprint density at radius 3 is 3.10 bits per heavy atom. The maximum atomic E-state index is 11.9. The fraction of sp³-hybridized carbons (Fsp3) is 0.250. The fourth-order valence-corrected chi connectivity index (χ4v) is 2.18. The van der Waals surface area contributed by atoms with Crippen LogP contribution in [0.1, 0.15) is 24.3 Å². The van der Waals surface area contributed by atoms with E-state index in [9.17, 15) is 9.59 Å². The van der Waals surface area contributed by atoms with Gasteiger partial charge in [-0.2, -0.15) is 5.21 Å². The smallest absolute Gasteiger partial charge is 0.311 e. The summed E-state index contributed by atoms with van der Waals surface area (Å²) >= 11 is 0. The molecule has 0 radical (unpaired) electrons. The van der Waals surface area contributed by atoms with E-state index in [-0.39, 0.29) is 36.6 Å². The molecule has 20 heavy (non-hydrogen) atoms. The van der Waals surface area contributed by atoms with Crippen LogP contribution in [-0.2, 0) is 9.59 Å². The number of esters is 1. The first kappa shape index (κ1) is 12.3. The second-order valence-corrected chi connectivity index (χ2v) is 4.40. The summed E-state index contributed by atoms with van der Waals surface area (Å²) in [6, 6.07) is 7.21. The summed E-state index contributed by atoms with van der Waals surface area (Å²) in [5.41, 5.74) is 0.857. The number of anilines is 1. The highest BCUT2D eigenvalue weighted by Gasteiger charge is 2.28. The summed E-state index contributed by atoms with van der Waals surface area (Å²) < 4.78 is 5.14. The van der Waals surface area contributed by atoms with Crippen molar-refractivity contribution in [1.29, 1.82) is 0 Å². The molecule has 1 atom stereocenters. The molecule has 0 unspecified atom stereocenters. The number of hydrogen-bond donors (Lipinski definition) is 2. The number of carbonyl (C=O) groups excluding carboxylic acids is 2. The molecule has 0 saturated carbocycles. The summed E-state index contributed by atoms with van der Waals surface area (Å²) in [6.07, 6.45) is 0.331. The molecule has 1 aromatic carbocycles. The van der Waals surface area contributed by atoms with E-state index >= 15 is 0 Å². The van der Waals surface area contributed by atoms with Crippen LogP contribution < -0.4 is 10.1 Å². The minimum atomic E-state index is -0.332. The monoisotopic (exact) mass is 273 g/mol. The highest BCUT2D eigenvalue weighted by Crippen LogP contribution is 2.36. The molecule has 102 valence electrons. The van der Waals surface area contributed by atoms with Gasteiger partial charge in [0.05, 0.1) is 6.42 Å². The van der Waals surface area contributed by atoms with Gasteiger partial charge in [0, 0.05) is 12.3 Å². The molecule has 8 heteroatoms. The van der Waals surface area contributed by atoms with Gasteiger partial charge in [-0.25, -0.2) is 0 Å². The van der Waals surface area contributed by atoms with Gasteiger partial charge in [0.1, 0.15) is 5.75 Å². The summed E-state index contributed by atoms with van der Waals surface area (Å²) in [7, 11) is 0. The van der Waals surface area contributed by atoms with Crippen LogP contribution in [0.4, 0.5) is 5.95 Å². The molecular weight excluding hydrogens is 262 g/mol. The number of aromatic nitrogens is 4. The lowest BCUT2D eigenvalue weighted by Crippen LogP contribution is -2.24. The second-order valence-electron chi connectivity index (χ2n) is 4.40. The first-order valence-corrected chi connectivity index (χ1v) is 6.05. The maximum absolute atomic E-state index is 11.9. The lowest BCUT2D eigenvalue weighted by Gasteiger charge is -2.23. The average Bonchev–Trinajstić information content (AvgIpc) is 2.91. The minimum absolute atomic E-state index is 0.113. The van der Waals surface area contributed by atoms with Crippen molar-refractivity contribution < 1.29 is 14.3 Å². The molecule has 0 bridgehead atoms. The van der Waals surface area contributed by atoms with E-state index in [1.165, 1.54) is 0 Å². The zero-order chi connectivity index (χ0) is 13.9. The molecule has 2 N–H and O–H groups in total. The summed E-state index contributed by atoms with van der Waals surface area (Å²) in [4.78, 5) is 23.5. The van der Waals surface area contributed by atoms with Crippen molar-refractivity contribution in [3.63, 3.8) is 0 Å². The van der Waals surface area contributed by atoms with E-state index in [1.807, 2.05) is 12.1 Å². The fourth-order valence-electron chi connectivity index (χ4n) is 2.18. The largest absolute Gasteiger partial charge is 0.426 e. The number of tetrazole rings is 1. The molecule has 1 aliphatic heterocycles. The van der Waals surface area contributed by atoms with Crippen LogP contribution in [0.3, 0.4) is 0 Å². The predicted octanol–water partition coefficient (Wildman–Crippen LogP) is 0.621. The van der Waals surface area contributed by atoms with Crippen molar-refractivity contribution in [2.24, 2.45) is 0 Å². The van der Waals surface area contributed by atoms with Gasteiger partial charge in [-0.05, 0) is 16.8 Å². The Bertz CT molecular complexity index is 640. The SMILES string of the molecule is O=C(C[C@H]1CC(=O)Oc2ccccc21)Nc1nn[nH]n1. The second kappa shape index (κ2) is 5.08. The van der Waals surface area contributed by atoms with E-state index < -0.39 is 0 Å². The molecule has 0 fully saturated rings. The van der Waals surface area contributed by atoms with Crippen LogP contribution >= 0.6 is 0 Å². The molecule has 3 rings (SSSR count). The van der Waals surface area contributed by atoms with Gasteiger partial charge >= 0.3 is 5.97 Å². The third kappa shape index (κ3) is 2.48. The van der Waals surface area contributed by atoms with Gasteiger partial charge in [-0.3, -0.25) is 14.9 Å². The minimum Gasteiger partial charge on any atom is -0.426 e. The molecular formula is C12H11N5O3. The topological polar surface area (TPSA) is 110 Å². The number of fused-ring (bicyclic) bond motifs is 1. The molecule has 1 aliphatic rings. The van der Waals surface area contributed by atoms with E-state index in [0.717, 1.165) is 5.56 Å². The van der Waals surface area contributed by atoms with Gasteiger partial charge in [-0.15, -0.1) is 5.10 Å². The van der Waals surface area contributed by atoms with Crippen molar-refractivity contribution in [3.8, 4) is 5.75 Å². The van der Waals surface area contributed by atoms with Gasteiger partial charge in [-0.1, -0.05) is 23.3 Å². The number of nitrogens with one attached hydrogen (secondary N) is 2. The zero-order valence-electron chi connectivity index (χ0n) is 10.4. The molecule has 8 nitrogen and oxygen atoms in total. The Balaban J connectivity index is 1.74.